The summed E-state index contributed by atoms with van der Waals surface area (Å²) < 4.78 is 11.9. The second kappa shape index (κ2) is 9.15. The van der Waals surface area contributed by atoms with E-state index in [0.29, 0.717) is 19.7 Å². The molecule has 0 saturated heterocycles. The molecule has 0 spiro atoms. The summed E-state index contributed by atoms with van der Waals surface area (Å²) in [6.07, 6.45) is 1.65. The Balaban J connectivity index is 1.75. The van der Waals surface area contributed by atoms with Gasteiger partial charge < -0.3 is 19.8 Å². The number of aliphatic imine (C=N–C) groups is 1. The molecule has 0 bridgehead atoms. The quantitative estimate of drug-likeness (QED) is 0.449. The minimum absolute atomic E-state index is 0.509. The molecule has 0 aliphatic heterocycles. The van der Waals surface area contributed by atoms with Gasteiger partial charge in [0.15, 0.2) is 5.96 Å². The Kier molecular flexibility index (Phi) is 6.83. The molecule has 0 amide bonds. The molecule has 6 heteroatoms. The number of nitrogens with zero attached hydrogens (tertiary/aromatic N) is 1. The van der Waals surface area contributed by atoms with Crippen LogP contribution in [-0.2, 0) is 6.54 Å². The zero-order valence-corrected chi connectivity index (χ0v) is 14.1. The maximum atomic E-state index is 5.67. The van der Waals surface area contributed by atoms with Gasteiger partial charge in [0.2, 0.25) is 0 Å². The van der Waals surface area contributed by atoms with Gasteiger partial charge in [-0.3, -0.25) is 0 Å². The molecule has 0 saturated carbocycles. The maximum absolute atomic E-state index is 5.67. The van der Waals surface area contributed by atoms with E-state index >= 15 is 0 Å². The van der Waals surface area contributed by atoms with Crippen molar-refractivity contribution in [1.29, 1.82) is 0 Å². The standard InChI is InChI=1S/C16H20BrN3O2/c1-2-18-16(20-12-15-7-4-9-21-15)19-8-10-22-14-6-3-5-13(17)11-14/h3-7,9,11H,2,8,10,12H2,1H3,(H2,18,19,20). The van der Waals surface area contributed by atoms with Crippen LogP contribution in [0.1, 0.15) is 12.7 Å². The molecule has 0 aliphatic carbocycles. The normalized spacial score (nSPS) is 11.3. The van der Waals surface area contributed by atoms with Gasteiger partial charge in [-0.2, -0.15) is 0 Å². The molecule has 0 fully saturated rings. The van der Waals surface area contributed by atoms with Gasteiger partial charge in [0, 0.05) is 11.0 Å². The molecule has 0 atom stereocenters. The first kappa shape index (κ1) is 16.4. The van der Waals surface area contributed by atoms with Gasteiger partial charge in [-0.05, 0) is 37.3 Å². The van der Waals surface area contributed by atoms with Crippen LogP contribution in [0.25, 0.3) is 0 Å². The van der Waals surface area contributed by atoms with Crippen molar-refractivity contribution in [3.05, 3.63) is 52.9 Å². The van der Waals surface area contributed by atoms with Gasteiger partial charge in [-0.1, -0.05) is 22.0 Å². The van der Waals surface area contributed by atoms with Crippen LogP contribution in [0.15, 0.2) is 56.5 Å². The predicted molar refractivity (Wildman–Crippen MR) is 91.2 cm³/mol. The monoisotopic (exact) mass is 365 g/mol. The smallest absolute Gasteiger partial charge is 0.191 e. The highest BCUT2D eigenvalue weighted by atomic mass is 79.9. The third-order valence-electron chi connectivity index (χ3n) is 2.78. The summed E-state index contributed by atoms with van der Waals surface area (Å²) in [5.74, 6) is 2.42. The van der Waals surface area contributed by atoms with Crippen molar-refractivity contribution in [1.82, 2.24) is 10.6 Å². The molecule has 0 radical (unpaired) electrons. The number of hydrogen-bond donors (Lipinski definition) is 2. The Morgan fingerprint density at radius 2 is 2.18 bits per heavy atom. The third-order valence-corrected chi connectivity index (χ3v) is 3.27. The van der Waals surface area contributed by atoms with E-state index in [2.05, 4.69) is 31.6 Å². The van der Waals surface area contributed by atoms with Gasteiger partial charge >= 0.3 is 0 Å². The molecule has 2 N–H and O–H groups in total. The Labute approximate surface area is 138 Å². The summed E-state index contributed by atoms with van der Waals surface area (Å²) in [6, 6.07) is 11.6. The minimum atomic E-state index is 0.509. The molecule has 0 unspecified atom stereocenters. The highest BCUT2D eigenvalue weighted by Gasteiger charge is 1.99. The molecule has 118 valence electrons. The molecule has 2 aromatic rings. The lowest BCUT2D eigenvalue weighted by atomic mass is 10.3. The number of halogens is 1. The molecule has 2 rings (SSSR count). The average Bonchev–Trinajstić information content (AvgIpc) is 3.02. The van der Waals surface area contributed by atoms with E-state index in [1.165, 1.54) is 0 Å². The summed E-state index contributed by atoms with van der Waals surface area (Å²) in [7, 11) is 0. The van der Waals surface area contributed by atoms with Crippen molar-refractivity contribution >= 4 is 21.9 Å². The third kappa shape index (κ3) is 5.81. The van der Waals surface area contributed by atoms with Gasteiger partial charge in [0.25, 0.3) is 0 Å². The molecule has 1 heterocycles. The lowest BCUT2D eigenvalue weighted by Crippen LogP contribution is -2.39. The van der Waals surface area contributed by atoms with Gasteiger partial charge in [-0.15, -0.1) is 0 Å². The Hall–Kier alpha value is -1.95. The van der Waals surface area contributed by atoms with Crippen molar-refractivity contribution < 1.29 is 9.15 Å². The fourth-order valence-electron chi connectivity index (χ4n) is 1.80. The van der Waals surface area contributed by atoms with Gasteiger partial charge in [0.05, 0.1) is 12.8 Å². The minimum Gasteiger partial charge on any atom is -0.492 e. The SMILES string of the molecule is CCNC(=NCc1ccco1)NCCOc1cccc(Br)c1. The highest BCUT2D eigenvalue weighted by molar-refractivity contribution is 9.10. The average molecular weight is 366 g/mol. The van der Waals surface area contributed by atoms with Crippen LogP contribution in [0.4, 0.5) is 0 Å². The van der Waals surface area contributed by atoms with E-state index in [0.717, 1.165) is 28.5 Å². The summed E-state index contributed by atoms with van der Waals surface area (Å²) in [4.78, 5) is 4.45. The van der Waals surface area contributed by atoms with Crippen LogP contribution < -0.4 is 15.4 Å². The Morgan fingerprint density at radius 1 is 1.27 bits per heavy atom. The van der Waals surface area contributed by atoms with Crippen molar-refractivity contribution in [3.8, 4) is 5.75 Å². The van der Waals surface area contributed by atoms with Crippen LogP contribution in [0.2, 0.25) is 0 Å². The first-order chi connectivity index (χ1) is 10.8. The second-order valence-electron chi connectivity index (χ2n) is 4.51. The van der Waals surface area contributed by atoms with Crippen molar-refractivity contribution in [2.24, 2.45) is 4.99 Å². The fourth-order valence-corrected chi connectivity index (χ4v) is 2.17. The van der Waals surface area contributed by atoms with Crippen LogP contribution in [0, 0.1) is 0 Å². The molecule has 1 aromatic carbocycles. The second-order valence-corrected chi connectivity index (χ2v) is 5.42. The summed E-state index contributed by atoms with van der Waals surface area (Å²) in [5.41, 5.74) is 0. The lowest BCUT2D eigenvalue weighted by molar-refractivity contribution is 0.321. The van der Waals surface area contributed by atoms with Crippen molar-refractivity contribution in [3.63, 3.8) is 0 Å². The van der Waals surface area contributed by atoms with E-state index in [-0.39, 0.29) is 0 Å². The first-order valence-corrected chi connectivity index (χ1v) is 8.00. The van der Waals surface area contributed by atoms with E-state index in [1.54, 1.807) is 6.26 Å². The summed E-state index contributed by atoms with van der Waals surface area (Å²) in [5, 5.41) is 6.42. The van der Waals surface area contributed by atoms with Crippen LogP contribution >= 0.6 is 15.9 Å². The zero-order chi connectivity index (χ0) is 15.6. The summed E-state index contributed by atoms with van der Waals surface area (Å²) >= 11 is 3.42. The van der Waals surface area contributed by atoms with Crippen LogP contribution in [-0.4, -0.2) is 25.7 Å². The number of ether oxygens (including phenoxy) is 1. The fraction of sp³-hybridized carbons (Fsp3) is 0.312. The number of benzene rings is 1. The topological polar surface area (TPSA) is 58.8 Å². The number of nitrogens with one attached hydrogen (secondary N) is 2. The van der Waals surface area contributed by atoms with Crippen LogP contribution in [0.5, 0.6) is 5.75 Å². The van der Waals surface area contributed by atoms with Gasteiger partial charge in [-0.25, -0.2) is 4.99 Å². The molecule has 22 heavy (non-hydrogen) atoms. The first-order valence-electron chi connectivity index (χ1n) is 7.21. The number of furan rings is 1. The number of rotatable bonds is 7. The summed E-state index contributed by atoms with van der Waals surface area (Å²) in [6.45, 7) is 4.56. The number of hydrogen-bond acceptors (Lipinski definition) is 3. The Morgan fingerprint density at radius 3 is 2.91 bits per heavy atom. The van der Waals surface area contributed by atoms with E-state index in [4.69, 9.17) is 9.15 Å². The highest BCUT2D eigenvalue weighted by Crippen LogP contribution is 2.17. The van der Waals surface area contributed by atoms with Crippen molar-refractivity contribution in [2.45, 2.75) is 13.5 Å². The molecule has 1 aromatic heterocycles. The molecule has 0 aliphatic rings. The maximum Gasteiger partial charge on any atom is 0.191 e. The molecule has 5 nitrogen and oxygen atoms in total. The van der Waals surface area contributed by atoms with Gasteiger partial charge in [0.1, 0.15) is 24.7 Å². The molecular formula is C16H20BrN3O2. The van der Waals surface area contributed by atoms with E-state index in [1.807, 2.05) is 43.3 Å². The van der Waals surface area contributed by atoms with Crippen LogP contribution in [0.3, 0.4) is 0 Å². The van der Waals surface area contributed by atoms with Crippen molar-refractivity contribution in [2.75, 3.05) is 19.7 Å². The van der Waals surface area contributed by atoms with E-state index < -0.39 is 0 Å². The largest absolute Gasteiger partial charge is 0.492 e. The Bertz CT molecular complexity index is 585. The van der Waals surface area contributed by atoms with E-state index in [9.17, 15) is 0 Å². The molecular weight excluding hydrogens is 346 g/mol. The lowest BCUT2D eigenvalue weighted by Gasteiger charge is -2.12. The number of guanidine groups is 1. The zero-order valence-electron chi connectivity index (χ0n) is 12.5. The predicted octanol–water partition coefficient (Wildman–Crippen LogP) is 3.18.